The van der Waals surface area contributed by atoms with Crippen LogP contribution in [0.2, 0.25) is 0 Å². The maximum absolute atomic E-state index is 12.0. The lowest BCUT2D eigenvalue weighted by molar-refractivity contribution is -0.129. The molecular formula is C20H25N3O5. The molecule has 1 aromatic carbocycles. The molecule has 1 heterocycles. The SMILES string of the molecule is CC(C)(C)OC(=O)Nc1ccc(CNC(=O)C(O)Cc2ccc(O)cc2)cn1. The predicted octanol–water partition coefficient (Wildman–Crippen LogP) is 2.35. The number of aliphatic hydroxyl groups excluding tert-OH is 1. The van der Waals surface area contributed by atoms with Gasteiger partial charge in [-0.2, -0.15) is 0 Å². The Morgan fingerprint density at radius 2 is 1.75 bits per heavy atom. The van der Waals surface area contributed by atoms with Crippen molar-refractivity contribution < 1.29 is 24.5 Å². The van der Waals surface area contributed by atoms with Gasteiger partial charge < -0.3 is 20.3 Å². The van der Waals surface area contributed by atoms with Crippen molar-refractivity contribution in [3.63, 3.8) is 0 Å². The van der Waals surface area contributed by atoms with E-state index in [-0.39, 0.29) is 18.7 Å². The third-order valence-electron chi connectivity index (χ3n) is 3.59. The van der Waals surface area contributed by atoms with Crippen molar-refractivity contribution in [1.29, 1.82) is 0 Å². The normalized spacial score (nSPS) is 12.1. The van der Waals surface area contributed by atoms with Gasteiger partial charge >= 0.3 is 6.09 Å². The van der Waals surface area contributed by atoms with E-state index < -0.39 is 23.7 Å². The molecule has 0 aliphatic carbocycles. The highest BCUT2D eigenvalue weighted by atomic mass is 16.6. The molecule has 0 saturated heterocycles. The third-order valence-corrected chi connectivity index (χ3v) is 3.59. The van der Waals surface area contributed by atoms with E-state index in [4.69, 9.17) is 4.74 Å². The summed E-state index contributed by atoms with van der Waals surface area (Å²) in [5, 5.41) is 24.4. The van der Waals surface area contributed by atoms with Crippen molar-refractivity contribution in [2.24, 2.45) is 0 Å². The molecule has 2 rings (SSSR count). The summed E-state index contributed by atoms with van der Waals surface area (Å²) >= 11 is 0. The summed E-state index contributed by atoms with van der Waals surface area (Å²) in [6.45, 7) is 5.48. The highest BCUT2D eigenvalue weighted by Gasteiger charge is 2.17. The minimum Gasteiger partial charge on any atom is -0.508 e. The highest BCUT2D eigenvalue weighted by Crippen LogP contribution is 2.12. The van der Waals surface area contributed by atoms with Crippen molar-refractivity contribution in [3.05, 3.63) is 53.7 Å². The van der Waals surface area contributed by atoms with Gasteiger partial charge in [0.05, 0.1) is 0 Å². The van der Waals surface area contributed by atoms with Gasteiger partial charge in [0.25, 0.3) is 0 Å². The zero-order valence-corrected chi connectivity index (χ0v) is 16.1. The van der Waals surface area contributed by atoms with Crippen molar-refractivity contribution >= 4 is 17.8 Å². The van der Waals surface area contributed by atoms with E-state index in [2.05, 4.69) is 15.6 Å². The number of rotatable bonds is 6. The van der Waals surface area contributed by atoms with Crippen molar-refractivity contribution in [1.82, 2.24) is 10.3 Å². The number of hydrogen-bond acceptors (Lipinski definition) is 6. The molecule has 0 radical (unpaired) electrons. The molecule has 2 amide bonds. The maximum Gasteiger partial charge on any atom is 0.413 e. The second-order valence-electron chi connectivity index (χ2n) is 7.28. The lowest BCUT2D eigenvalue weighted by atomic mass is 10.1. The van der Waals surface area contributed by atoms with E-state index in [1.807, 2.05) is 0 Å². The van der Waals surface area contributed by atoms with E-state index >= 15 is 0 Å². The van der Waals surface area contributed by atoms with Crippen molar-refractivity contribution in [3.8, 4) is 5.75 Å². The molecule has 0 spiro atoms. The highest BCUT2D eigenvalue weighted by molar-refractivity contribution is 5.83. The van der Waals surface area contributed by atoms with Crippen LogP contribution < -0.4 is 10.6 Å². The van der Waals surface area contributed by atoms with E-state index in [9.17, 15) is 19.8 Å². The Balaban J connectivity index is 1.81. The molecule has 1 unspecified atom stereocenters. The predicted molar refractivity (Wildman–Crippen MR) is 104 cm³/mol. The van der Waals surface area contributed by atoms with E-state index in [1.165, 1.54) is 18.3 Å². The molecule has 1 aromatic heterocycles. The Labute approximate surface area is 163 Å². The molecule has 0 saturated carbocycles. The molecule has 0 fully saturated rings. The summed E-state index contributed by atoms with van der Waals surface area (Å²) in [4.78, 5) is 27.8. The van der Waals surface area contributed by atoms with Gasteiger partial charge in [0, 0.05) is 19.2 Å². The van der Waals surface area contributed by atoms with Crippen LogP contribution in [0.5, 0.6) is 5.75 Å². The van der Waals surface area contributed by atoms with Gasteiger partial charge in [0.2, 0.25) is 5.91 Å². The van der Waals surface area contributed by atoms with Gasteiger partial charge in [-0.05, 0) is 50.1 Å². The fraction of sp³-hybridized carbons (Fsp3) is 0.350. The zero-order chi connectivity index (χ0) is 20.7. The fourth-order valence-corrected chi connectivity index (χ4v) is 2.27. The molecule has 2 aromatic rings. The monoisotopic (exact) mass is 387 g/mol. The summed E-state index contributed by atoms with van der Waals surface area (Å²) in [5.41, 5.74) is 0.842. The van der Waals surface area contributed by atoms with Crippen LogP contribution in [0, 0.1) is 0 Å². The van der Waals surface area contributed by atoms with Crippen LogP contribution in [0.4, 0.5) is 10.6 Å². The number of phenols is 1. The Bertz CT molecular complexity index is 798. The number of carbonyl (C=O) groups is 2. The lowest BCUT2D eigenvalue weighted by Crippen LogP contribution is -2.35. The van der Waals surface area contributed by atoms with Gasteiger partial charge in [0.15, 0.2) is 0 Å². The van der Waals surface area contributed by atoms with Crippen LogP contribution in [0.3, 0.4) is 0 Å². The number of nitrogens with zero attached hydrogens (tertiary/aromatic N) is 1. The standard InChI is InChI=1S/C20H25N3O5/c1-20(2,3)28-19(27)23-17-9-6-14(11-21-17)12-22-18(26)16(25)10-13-4-7-15(24)8-5-13/h4-9,11,16,24-25H,10,12H2,1-3H3,(H,22,26)(H,21,23,27). The molecule has 0 bridgehead atoms. The number of aliphatic hydroxyl groups is 1. The second-order valence-corrected chi connectivity index (χ2v) is 7.28. The molecule has 8 heteroatoms. The van der Waals surface area contributed by atoms with Crippen molar-refractivity contribution in [2.75, 3.05) is 5.32 Å². The van der Waals surface area contributed by atoms with Gasteiger partial charge in [-0.25, -0.2) is 9.78 Å². The average Bonchev–Trinajstić information content (AvgIpc) is 2.61. The molecule has 28 heavy (non-hydrogen) atoms. The number of pyridine rings is 1. The summed E-state index contributed by atoms with van der Waals surface area (Å²) in [7, 11) is 0. The summed E-state index contributed by atoms with van der Waals surface area (Å²) in [5.74, 6) is -0.0551. The number of nitrogens with one attached hydrogen (secondary N) is 2. The number of phenolic OH excluding ortho intramolecular Hbond substituents is 1. The van der Waals surface area contributed by atoms with Crippen molar-refractivity contribution in [2.45, 2.75) is 45.4 Å². The fourth-order valence-electron chi connectivity index (χ4n) is 2.27. The minimum atomic E-state index is -1.20. The van der Waals surface area contributed by atoms with Gasteiger partial charge in [0.1, 0.15) is 23.3 Å². The first-order chi connectivity index (χ1) is 13.1. The second kappa shape index (κ2) is 9.18. The van der Waals surface area contributed by atoms with Crippen LogP contribution in [-0.4, -0.2) is 38.9 Å². The molecular weight excluding hydrogens is 362 g/mol. The van der Waals surface area contributed by atoms with Gasteiger partial charge in [-0.1, -0.05) is 18.2 Å². The Morgan fingerprint density at radius 1 is 1.11 bits per heavy atom. The number of carbonyl (C=O) groups excluding carboxylic acids is 2. The Hall–Kier alpha value is -3.13. The Morgan fingerprint density at radius 3 is 2.32 bits per heavy atom. The number of benzene rings is 1. The minimum absolute atomic E-state index is 0.125. The van der Waals surface area contributed by atoms with Gasteiger partial charge in [-0.3, -0.25) is 10.1 Å². The molecule has 0 aliphatic heterocycles. The van der Waals surface area contributed by atoms with Crippen LogP contribution in [0.15, 0.2) is 42.6 Å². The quantitative estimate of drug-likeness (QED) is 0.604. The number of aromatic hydroxyl groups is 1. The first-order valence-corrected chi connectivity index (χ1v) is 8.81. The van der Waals surface area contributed by atoms with Gasteiger partial charge in [-0.15, -0.1) is 0 Å². The lowest BCUT2D eigenvalue weighted by Gasteiger charge is -2.19. The number of anilines is 1. The Kier molecular flexibility index (Phi) is 6.94. The van der Waals surface area contributed by atoms with E-state index in [0.29, 0.717) is 11.4 Å². The summed E-state index contributed by atoms with van der Waals surface area (Å²) < 4.78 is 5.14. The van der Waals surface area contributed by atoms with Crippen LogP contribution in [0.1, 0.15) is 31.9 Å². The molecule has 0 aliphatic rings. The first-order valence-electron chi connectivity index (χ1n) is 8.81. The zero-order valence-electron chi connectivity index (χ0n) is 16.1. The van der Waals surface area contributed by atoms with Crippen LogP contribution in [-0.2, 0) is 22.5 Å². The van der Waals surface area contributed by atoms with Crippen LogP contribution >= 0.6 is 0 Å². The molecule has 8 nitrogen and oxygen atoms in total. The molecule has 1 atom stereocenters. The van der Waals surface area contributed by atoms with E-state index in [0.717, 1.165) is 5.56 Å². The first kappa shape index (κ1) is 21.2. The molecule has 150 valence electrons. The smallest absolute Gasteiger partial charge is 0.413 e. The summed E-state index contributed by atoms with van der Waals surface area (Å²) in [6.07, 6.45) is -0.147. The van der Waals surface area contributed by atoms with E-state index in [1.54, 1.807) is 45.0 Å². The summed E-state index contributed by atoms with van der Waals surface area (Å²) in [6, 6.07) is 9.58. The van der Waals surface area contributed by atoms with Crippen LogP contribution in [0.25, 0.3) is 0 Å². The average molecular weight is 387 g/mol. The topological polar surface area (TPSA) is 121 Å². The number of amides is 2. The number of aromatic nitrogens is 1. The number of hydrogen-bond donors (Lipinski definition) is 4. The largest absolute Gasteiger partial charge is 0.508 e. The number of ether oxygens (including phenoxy) is 1. The maximum atomic E-state index is 12.0. The third kappa shape index (κ3) is 7.24. The molecule has 4 N–H and O–H groups in total.